The Morgan fingerprint density at radius 3 is 2.60 bits per heavy atom. The maximum Gasteiger partial charge on any atom is 0.318 e. The van der Waals surface area contributed by atoms with Crippen LogP contribution in [0.2, 0.25) is 0 Å². The van der Waals surface area contributed by atoms with E-state index in [-0.39, 0.29) is 43.2 Å². The number of hydrogen-bond donors (Lipinski definition) is 1. The first-order chi connectivity index (χ1) is 22.6. The number of thiophene rings is 1. The molecule has 4 aromatic rings. The van der Waals surface area contributed by atoms with Gasteiger partial charge in [0, 0.05) is 54.3 Å². The second-order valence-electron chi connectivity index (χ2n) is 13.5. The minimum Gasteiger partial charge on any atom is -0.463 e. The molecule has 0 spiro atoms. The van der Waals surface area contributed by atoms with Crippen LogP contribution in [0.4, 0.5) is 24.0 Å². The second-order valence-corrected chi connectivity index (χ2v) is 14.5. The van der Waals surface area contributed by atoms with Crippen molar-refractivity contribution in [1.29, 1.82) is 5.26 Å². The van der Waals surface area contributed by atoms with E-state index < -0.39 is 17.8 Å². The van der Waals surface area contributed by atoms with Crippen molar-refractivity contribution in [2.75, 3.05) is 52.2 Å². The minimum atomic E-state index is -1.05. The molecule has 47 heavy (non-hydrogen) atoms. The van der Waals surface area contributed by atoms with Gasteiger partial charge in [0.2, 0.25) is 0 Å². The Balaban J connectivity index is 1.25. The van der Waals surface area contributed by atoms with Crippen molar-refractivity contribution in [2.24, 2.45) is 10.4 Å². The SMILES string of the molecule is C=Nc1sc2c(F)c(F)cc(-c3cc4nc(OCC5(CN6CCC(F)CC6)CC5)nc(NCC5(N(C)C)CCC5)c4cn3)c2c1C#N. The highest BCUT2D eigenvalue weighted by atomic mass is 32.1. The summed E-state index contributed by atoms with van der Waals surface area (Å²) in [6, 6.07) is 5.04. The van der Waals surface area contributed by atoms with Crippen LogP contribution in [0, 0.1) is 28.4 Å². The monoisotopic (exact) mass is 662 g/mol. The molecule has 3 aromatic heterocycles. The maximum atomic E-state index is 14.9. The molecule has 246 valence electrons. The maximum absolute atomic E-state index is 14.9. The van der Waals surface area contributed by atoms with Crippen molar-refractivity contribution in [3.8, 4) is 23.3 Å². The number of likely N-dealkylation sites (tertiary alicyclic amines) is 1. The summed E-state index contributed by atoms with van der Waals surface area (Å²) in [5.41, 5.74) is 1.20. The Morgan fingerprint density at radius 2 is 1.96 bits per heavy atom. The van der Waals surface area contributed by atoms with Crippen molar-refractivity contribution in [1.82, 2.24) is 24.8 Å². The Labute approximate surface area is 275 Å². The molecule has 1 N–H and O–H groups in total. The molecule has 2 saturated carbocycles. The third kappa shape index (κ3) is 5.91. The lowest BCUT2D eigenvalue weighted by atomic mass is 9.75. The Hall–Kier alpha value is -3.86. The average molecular weight is 663 g/mol. The summed E-state index contributed by atoms with van der Waals surface area (Å²) >= 11 is 0.876. The summed E-state index contributed by atoms with van der Waals surface area (Å²) in [4.78, 5) is 22.6. The topological polar surface area (TPSA) is 103 Å². The van der Waals surface area contributed by atoms with Gasteiger partial charge in [-0.25, -0.2) is 13.2 Å². The molecular formula is C34H37F3N8OS. The van der Waals surface area contributed by atoms with E-state index in [1.54, 1.807) is 12.3 Å². The number of halogens is 3. The number of benzene rings is 1. The summed E-state index contributed by atoms with van der Waals surface area (Å²) in [6.07, 6.45) is 7.40. The molecule has 0 radical (unpaired) electrons. The average Bonchev–Trinajstić information content (AvgIpc) is 3.70. The number of fused-ring (bicyclic) bond motifs is 2. The number of likely N-dealkylation sites (N-methyl/N-ethyl adjacent to an activating group) is 1. The van der Waals surface area contributed by atoms with E-state index in [1.807, 2.05) is 0 Å². The quantitative estimate of drug-likeness (QED) is 0.174. The van der Waals surface area contributed by atoms with Crippen LogP contribution >= 0.6 is 11.3 Å². The zero-order chi connectivity index (χ0) is 32.9. The van der Waals surface area contributed by atoms with Gasteiger partial charge in [-0.1, -0.05) is 0 Å². The van der Waals surface area contributed by atoms with E-state index in [4.69, 9.17) is 14.7 Å². The largest absolute Gasteiger partial charge is 0.463 e. The van der Waals surface area contributed by atoms with Gasteiger partial charge in [-0.15, -0.1) is 11.3 Å². The zero-order valence-electron chi connectivity index (χ0n) is 26.6. The number of aromatic nitrogens is 3. The lowest BCUT2D eigenvalue weighted by Gasteiger charge is -2.47. The Morgan fingerprint density at radius 1 is 1.19 bits per heavy atom. The van der Waals surface area contributed by atoms with Crippen LogP contribution in [0.1, 0.15) is 50.5 Å². The van der Waals surface area contributed by atoms with Crippen LogP contribution in [-0.2, 0) is 0 Å². The molecule has 1 saturated heterocycles. The highest BCUT2D eigenvalue weighted by Crippen LogP contribution is 2.47. The molecule has 13 heteroatoms. The number of pyridine rings is 1. The molecule has 0 amide bonds. The first kappa shape index (κ1) is 31.7. The highest BCUT2D eigenvalue weighted by Gasteiger charge is 2.45. The van der Waals surface area contributed by atoms with Crippen molar-refractivity contribution >= 4 is 49.9 Å². The molecule has 2 aliphatic carbocycles. The first-order valence-corrected chi connectivity index (χ1v) is 16.9. The summed E-state index contributed by atoms with van der Waals surface area (Å²) in [5, 5.41) is 14.6. The second kappa shape index (κ2) is 12.3. The molecule has 0 unspecified atom stereocenters. The van der Waals surface area contributed by atoms with E-state index in [1.165, 1.54) is 0 Å². The van der Waals surface area contributed by atoms with Gasteiger partial charge in [-0.3, -0.25) is 9.98 Å². The fraction of sp³-hybridized carbons (Fsp3) is 0.500. The van der Waals surface area contributed by atoms with E-state index >= 15 is 0 Å². The molecule has 9 nitrogen and oxygen atoms in total. The van der Waals surface area contributed by atoms with Gasteiger partial charge in [0.05, 0.1) is 33.5 Å². The van der Waals surface area contributed by atoms with Crippen LogP contribution in [-0.4, -0.2) is 90.1 Å². The van der Waals surface area contributed by atoms with Crippen molar-refractivity contribution < 1.29 is 17.9 Å². The van der Waals surface area contributed by atoms with E-state index in [0.29, 0.717) is 48.4 Å². The summed E-state index contributed by atoms with van der Waals surface area (Å²) in [7, 11) is 4.17. The summed E-state index contributed by atoms with van der Waals surface area (Å²) in [6.45, 7) is 6.97. The molecular weight excluding hydrogens is 625 g/mol. The fourth-order valence-corrected chi connectivity index (χ4v) is 7.87. The fourth-order valence-electron chi connectivity index (χ4n) is 6.86. The summed E-state index contributed by atoms with van der Waals surface area (Å²) in [5.74, 6) is -1.52. The number of piperidine rings is 1. The molecule has 3 fully saturated rings. The van der Waals surface area contributed by atoms with Gasteiger partial charge in [-0.2, -0.15) is 15.2 Å². The normalized spacial score (nSPS) is 19.1. The molecule has 4 heterocycles. The van der Waals surface area contributed by atoms with Gasteiger partial charge < -0.3 is 19.9 Å². The van der Waals surface area contributed by atoms with Crippen molar-refractivity contribution in [2.45, 2.75) is 56.7 Å². The van der Waals surface area contributed by atoms with Gasteiger partial charge in [0.25, 0.3) is 0 Å². The molecule has 0 bridgehead atoms. The lowest BCUT2D eigenvalue weighted by molar-refractivity contribution is 0.0738. The molecule has 1 aliphatic heterocycles. The number of anilines is 1. The van der Waals surface area contributed by atoms with Crippen LogP contribution in [0.5, 0.6) is 6.01 Å². The lowest BCUT2D eigenvalue weighted by Crippen LogP contribution is -2.54. The van der Waals surface area contributed by atoms with Crippen LogP contribution in [0.25, 0.3) is 32.2 Å². The van der Waals surface area contributed by atoms with Crippen molar-refractivity contribution in [3.63, 3.8) is 0 Å². The third-order valence-corrected chi connectivity index (χ3v) is 11.4. The van der Waals surface area contributed by atoms with Crippen molar-refractivity contribution in [3.05, 3.63) is 35.5 Å². The number of nitrogens with one attached hydrogen (secondary N) is 1. The molecule has 1 aromatic carbocycles. The predicted molar refractivity (Wildman–Crippen MR) is 178 cm³/mol. The van der Waals surface area contributed by atoms with Crippen LogP contribution in [0.15, 0.2) is 23.3 Å². The van der Waals surface area contributed by atoms with Gasteiger partial charge in [-0.05, 0) is 77.9 Å². The van der Waals surface area contributed by atoms with E-state index in [2.05, 4.69) is 52.0 Å². The number of aliphatic imine (C=N–C) groups is 1. The Bertz CT molecular complexity index is 1890. The molecule has 0 atom stereocenters. The summed E-state index contributed by atoms with van der Waals surface area (Å²) < 4.78 is 49.8. The van der Waals surface area contributed by atoms with Gasteiger partial charge in [0.1, 0.15) is 23.1 Å². The number of nitrogens with zero attached hydrogens (tertiary/aromatic N) is 7. The minimum absolute atomic E-state index is 0.0115. The van der Waals surface area contributed by atoms with Crippen LogP contribution < -0.4 is 10.1 Å². The number of hydrogen-bond acceptors (Lipinski definition) is 10. The van der Waals surface area contributed by atoms with Gasteiger partial charge in [0.15, 0.2) is 11.6 Å². The predicted octanol–water partition coefficient (Wildman–Crippen LogP) is 6.88. The third-order valence-electron chi connectivity index (χ3n) is 10.3. The highest BCUT2D eigenvalue weighted by molar-refractivity contribution is 7.23. The molecule has 7 rings (SSSR count). The number of nitriles is 1. The first-order valence-electron chi connectivity index (χ1n) is 16.0. The van der Waals surface area contributed by atoms with E-state index in [9.17, 15) is 18.4 Å². The van der Waals surface area contributed by atoms with Gasteiger partial charge >= 0.3 is 6.01 Å². The van der Waals surface area contributed by atoms with E-state index in [0.717, 1.165) is 69.1 Å². The van der Waals surface area contributed by atoms with Crippen LogP contribution in [0.3, 0.4) is 0 Å². The number of alkyl halides is 1. The smallest absolute Gasteiger partial charge is 0.318 e. The standard InChI is InChI=1S/C34H37F3N8OS/c1-39-31-22(15-38)27-21(13-24(36)28(37)29(27)47-31)25-14-26-23(16-40-25)30(41-17-34(44(2)3)7-4-8-34)43-32(42-26)46-19-33(9-10-33)18-45-11-5-20(35)6-12-45/h13-14,16,20H,1,4-12,17-19H2,2-3H3,(H,41,42,43). The Kier molecular flexibility index (Phi) is 8.30. The molecule has 3 aliphatic rings. The zero-order valence-corrected chi connectivity index (χ0v) is 27.4. The number of rotatable bonds is 11. The number of ether oxygens (including phenoxy) is 1.